The minimum absolute atomic E-state index is 0.222. The van der Waals surface area contributed by atoms with Crippen LogP contribution in [0.3, 0.4) is 0 Å². The van der Waals surface area contributed by atoms with Gasteiger partial charge in [-0.15, -0.1) is 10.2 Å². The summed E-state index contributed by atoms with van der Waals surface area (Å²) in [5.74, 6) is -3.71. The number of rotatable bonds is 6. The summed E-state index contributed by atoms with van der Waals surface area (Å²) in [6.07, 6.45) is 0.895. The average molecular weight is 313 g/mol. The van der Waals surface area contributed by atoms with Gasteiger partial charge >= 0.3 is 0 Å². The molecular formula is C13H14F3N5O. The van der Waals surface area contributed by atoms with Crippen molar-refractivity contribution in [1.82, 2.24) is 25.9 Å². The normalized spacial score (nSPS) is 12.2. The lowest BCUT2D eigenvalue weighted by molar-refractivity contribution is -0.121. The van der Waals surface area contributed by atoms with E-state index in [9.17, 15) is 18.0 Å². The van der Waals surface area contributed by atoms with E-state index in [0.717, 1.165) is 6.42 Å². The van der Waals surface area contributed by atoms with Gasteiger partial charge in [0.25, 0.3) is 0 Å². The maximum absolute atomic E-state index is 13.5. The number of hydrogen-bond acceptors (Lipinski definition) is 4. The molecule has 0 bridgehead atoms. The molecule has 2 N–H and O–H groups in total. The Morgan fingerprint density at radius 3 is 2.64 bits per heavy atom. The van der Waals surface area contributed by atoms with Crippen LogP contribution in [0.25, 0.3) is 0 Å². The van der Waals surface area contributed by atoms with Gasteiger partial charge in [-0.2, -0.15) is 5.21 Å². The molecule has 1 aromatic heterocycles. The molecular weight excluding hydrogens is 299 g/mol. The summed E-state index contributed by atoms with van der Waals surface area (Å²) in [5.41, 5.74) is -0.222. The maximum atomic E-state index is 13.5. The molecule has 1 unspecified atom stereocenters. The van der Waals surface area contributed by atoms with E-state index < -0.39 is 35.8 Å². The lowest BCUT2D eigenvalue weighted by Crippen LogP contribution is -2.31. The minimum atomic E-state index is -1.29. The first-order valence-corrected chi connectivity index (χ1v) is 6.67. The third kappa shape index (κ3) is 3.80. The number of nitrogens with zero attached hydrogens (tertiary/aromatic N) is 3. The van der Waals surface area contributed by atoms with Crippen LogP contribution in [0.1, 0.15) is 37.2 Å². The predicted octanol–water partition coefficient (Wildman–Crippen LogP) is 1.82. The Kier molecular flexibility index (Phi) is 5.08. The number of carbonyl (C=O) groups is 1. The number of aromatic nitrogens is 4. The summed E-state index contributed by atoms with van der Waals surface area (Å²) in [4.78, 5) is 12.0. The fraction of sp³-hybridized carbons (Fsp3) is 0.385. The molecule has 2 rings (SSSR count). The lowest BCUT2D eigenvalue weighted by Gasteiger charge is -2.14. The zero-order chi connectivity index (χ0) is 16.1. The number of hydrogen-bond donors (Lipinski definition) is 2. The third-order valence-electron chi connectivity index (χ3n) is 3.03. The van der Waals surface area contributed by atoms with Gasteiger partial charge in [0, 0.05) is 11.6 Å². The number of amides is 1. The molecule has 1 amide bonds. The first-order chi connectivity index (χ1) is 10.5. The summed E-state index contributed by atoms with van der Waals surface area (Å²) in [6.45, 7) is 1.91. The Hall–Kier alpha value is -2.45. The van der Waals surface area contributed by atoms with Crippen molar-refractivity contribution in [2.45, 2.75) is 32.2 Å². The summed E-state index contributed by atoms with van der Waals surface area (Å²) in [6, 6.07) is 0.610. The van der Waals surface area contributed by atoms with Crippen LogP contribution in [0.15, 0.2) is 12.1 Å². The zero-order valence-corrected chi connectivity index (χ0v) is 11.7. The van der Waals surface area contributed by atoms with Gasteiger partial charge in [-0.1, -0.05) is 18.6 Å². The number of nitrogens with one attached hydrogen (secondary N) is 2. The number of tetrazole rings is 1. The van der Waals surface area contributed by atoms with Crippen LogP contribution in [-0.4, -0.2) is 26.5 Å². The van der Waals surface area contributed by atoms with Gasteiger partial charge in [-0.25, -0.2) is 13.2 Å². The fourth-order valence-electron chi connectivity index (χ4n) is 1.99. The highest BCUT2D eigenvalue weighted by Gasteiger charge is 2.19. The highest BCUT2D eigenvalue weighted by atomic mass is 19.2. The number of aromatic amines is 1. The molecule has 0 aliphatic heterocycles. The monoisotopic (exact) mass is 313 g/mol. The van der Waals surface area contributed by atoms with E-state index in [1.54, 1.807) is 0 Å². The fourth-order valence-corrected chi connectivity index (χ4v) is 1.99. The summed E-state index contributed by atoms with van der Waals surface area (Å²) in [7, 11) is 0. The number of carbonyl (C=O) groups excluding carboxylic acids is 1. The van der Waals surface area contributed by atoms with E-state index >= 15 is 0 Å². The van der Waals surface area contributed by atoms with Crippen molar-refractivity contribution in [2.75, 3.05) is 0 Å². The molecule has 22 heavy (non-hydrogen) atoms. The molecule has 118 valence electrons. The van der Waals surface area contributed by atoms with Crippen LogP contribution in [0.2, 0.25) is 0 Å². The van der Waals surface area contributed by atoms with Crippen LogP contribution in [0.4, 0.5) is 13.2 Å². The maximum Gasteiger partial charge on any atom is 0.225 e. The Morgan fingerprint density at radius 1 is 1.27 bits per heavy atom. The zero-order valence-electron chi connectivity index (χ0n) is 11.7. The van der Waals surface area contributed by atoms with Crippen molar-refractivity contribution in [2.24, 2.45) is 0 Å². The SMILES string of the molecule is CCCC(NC(=O)Cc1cc(F)c(F)cc1F)c1nn[nH]n1. The van der Waals surface area contributed by atoms with Crippen LogP contribution >= 0.6 is 0 Å². The number of benzene rings is 1. The van der Waals surface area contributed by atoms with Gasteiger partial charge < -0.3 is 5.32 Å². The molecule has 6 nitrogen and oxygen atoms in total. The van der Waals surface area contributed by atoms with E-state index in [1.165, 1.54) is 0 Å². The highest BCUT2D eigenvalue weighted by Crippen LogP contribution is 2.16. The highest BCUT2D eigenvalue weighted by molar-refractivity contribution is 5.79. The Balaban J connectivity index is 2.07. The second-order valence-electron chi connectivity index (χ2n) is 4.71. The molecule has 0 spiro atoms. The van der Waals surface area contributed by atoms with Crippen LogP contribution in [0.5, 0.6) is 0 Å². The number of halogens is 3. The molecule has 0 aliphatic rings. The molecule has 1 heterocycles. The largest absolute Gasteiger partial charge is 0.346 e. The van der Waals surface area contributed by atoms with Gasteiger partial charge in [0.1, 0.15) is 5.82 Å². The average Bonchev–Trinajstić information content (AvgIpc) is 2.98. The standard InChI is InChI=1S/C13H14F3N5O/c1-2-3-11(13-18-20-21-19-13)17-12(22)5-7-4-9(15)10(16)6-8(7)14/h4,6,11H,2-3,5H2,1H3,(H,17,22)(H,18,19,20,21). The van der Waals surface area contributed by atoms with E-state index in [2.05, 4.69) is 25.9 Å². The lowest BCUT2D eigenvalue weighted by atomic mass is 10.1. The topological polar surface area (TPSA) is 83.6 Å². The Morgan fingerprint density at radius 2 is 2.00 bits per heavy atom. The second kappa shape index (κ2) is 7.01. The molecule has 0 saturated heterocycles. The quantitative estimate of drug-likeness (QED) is 0.797. The van der Waals surface area contributed by atoms with Crippen LogP contribution in [-0.2, 0) is 11.2 Å². The number of H-pyrrole nitrogens is 1. The molecule has 1 atom stereocenters. The van der Waals surface area contributed by atoms with Gasteiger partial charge in [0.05, 0.1) is 12.5 Å². The van der Waals surface area contributed by atoms with Crippen molar-refractivity contribution in [3.8, 4) is 0 Å². The van der Waals surface area contributed by atoms with Crippen molar-refractivity contribution in [1.29, 1.82) is 0 Å². The van der Waals surface area contributed by atoms with Gasteiger partial charge in [-0.3, -0.25) is 4.79 Å². The van der Waals surface area contributed by atoms with E-state index in [0.29, 0.717) is 24.4 Å². The van der Waals surface area contributed by atoms with E-state index in [1.807, 2.05) is 6.92 Å². The Labute approximate surface area is 124 Å². The van der Waals surface area contributed by atoms with Crippen LogP contribution < -0.4 is 5.32 Å². The van der Waals surface area contributed by atoms with Gasteiger partial charge in [0.15, 0.2) is 17.5 Å². The first-order valence-electron chi connectivity index (χ1n) is 6.67. The molecule has 1 aromatic carbocycles. The third-order valence-corrected chi connectivity index (χ3v) is 3.03. The van der Waals surface area contributed by atoms with Gasteiger partial charge in [0.2, 0.25) is 5.91 Å². The Bertz CT molecular complexity index is 647. The first kappa shape index (κ1) is 15.9. The smallest absolute Gasteiger partial charge is 0.225 e. The van der Waals surface area contributed by atoms with Crippen molar-refractivity contribution in [3.63, 3.8) is 0 Å². The van der Waals surface area contributed by atoms with Crippen molar-refractivity contribution in [3.05, 3.63) is 41.0 Å². The van der Waals surface area contributed by atoms with Crippen molar-refractivity contribution < 1.29 is 18.0 Å². The van der Waals surface area contributed by atoms with E-state index in [-0.39, 0.29) is 5.56 Å². The summed E-state index contributed by atoms with van der Waals surface area (Å²) < 4.78 is 39.5. The molecule has 0 radical (unpaired) electrons. The molecule has 9 heteroatoms. The minimum Gasteiger partial charge on any atom is -0.346 e. The van der Waals surface area contributed by atoms with Gasteiger partial charge in [-0.05, 0) is 12.5 Å². The molecule has 2 aromatic rings. The summed E-state index contributed by atoms with van der Waals surface area (Å²) >= 11 is 0. The summed E-state index contributed by atoms with van der Waals surface area (Å²) in [5, 5.41) is 15.9. The van der Waals surface area contributed by atoms with Crippen LogP contribution in [0, 0.1) is 17.5 Å². The molecule has 0 saturated carbocycles. The predicted molar refractivity (Wildman–Crippen MR) is 70.0 cm³/mol. The van der Waals surface area contributed by atoms with Crippen molar-refractivity contribution >= 4 is 5.91 Å². The molecule has 0 aliphatic carbocycles. The van der Waals surface area contributed by atoms with E-state index in [4.69, 9.17) is 0 Å². The second-order valence-corrected chi connectivity index (χ2v) is 4.71. The molecule has 0 fully saturated rings.